The third-order valence-corrected chi connectivity index (χ3v) is 3.18. The fourth-order valence-electron chi connectivity index (χ4n) is 2.35. The van der Waals surface area contributed by atoms with Crippen LogP contribution in [0.2, 0.25) is 0 Å². The van der Waals surface area contributed by atoms with Crippen LogP contribution in [0.25, 0.3) is 0 Å². The molecule has 98 valence electrons. The van der Waals surface area contributed by atoms with Crippen LogP contribution in [0.5, 0.6) is 0 Å². The number of hydrogen-bond acceptors (Lipinski definition) is 3. The fourth-order valence-corrected chi connectivity index (χ4v) is 2.35. The number of carbonyl (C=O) groups excluding carboxylic acids is 2. The molecule has 0 spiro atoms. The molecule has 2 aliphatic heterocycles. The van der Waals surface area contributed by atoms with Crippen molar-refractivity contribution in [1.82, 2.24) is 10.2 Å². The van der Waals surface area contributed by atoms with E-state index in [4.69, 9.17) is 4.74 Å². The zero-order valence-electron chi connectivity index (χ0n) is 10.6. The van der Waals surface area contributed by atoms with E-state index in [0.717, 1.165) is 0 Å². The van der Waals surface area contributed by atoms with Crippen molar-refractivity contribution in [1.29, 1.82) is 0 Å². The van der Waals surface area contributed by atoms with E-state index < -0.39 is 0 Å². The first-order valence-corrected chi connectivity index (χ1v) is 6.18. The maximum atomic E-state index is 12.2. The number of nitrogens with one attached hydrogen (secondary N) is 1. The van der Waals surface area contributed by atoms with Gasteiger partial charge in [0.2, 0.25) is 11.8 Å². The summed E-state index contributed by atoms with van der Waals surface area (Å²) in [5, 5.41) is 2.75. The van der Waals surface area contributed by atoms with E-state index >= 15 is 0 Å². The summed E-state index contributed by atoms with van der Waals surface area (Å²) in [5.41, 5.74) is 0. The van der Waals surface area contributed by atoms with Gasteiger partial charge >= 0.3 is 0 Å². The van der Waals surface area contributed by atoms with Crippen LogP contribution in [0.1, 0.15) is 28.6 Å². The van der Waals surface area contributed by atoms with Crippen molar-refractivity contribution in [3.63, 3.8) is 0 Å². The summed E-state index contributed by atoms with van der Waals surface area (Å²) < 4.78 is 5.29. The molecule has 0 aromatic carbocycles. The quantitative estimate of drug-likeness (QED) is 0.726. The molecular weight excluding hydrogens is 220 g/mol. The number of ether oxygens (including phenoxy) is 1. The Kier molecular flexibility index (Phi) is 3.38. The number of amides is 2. The molecule has 2 heterocycles. The van der Waals surface area contributed by atoms with Gasteiger partial charge in [0.05, 0.1) is 0 Å². The summed E-state index contributed by atoms with van der Waals surface area (Å²) >= 11 is 0. The van der Waals surface area contributed by atoms with Gasteiger partial charge in [-0.1, -0.05) is 13.8 Å². The second kappa shape index (κ2) is 4.64. The molecule has 0 bridgehead atoms. The Morgan fingerprint density at radius 3 is 2.47 bits per heavy atom. The maximum absolute atomic E-state index is 12.2. The van der Waals surface area contributed by atoms with Crippen molar-refractivity contribution in [3.05, 3.63) is 0 Å². The number of nitrogens with zero attached hydrogens (tertiary/aromatic N) is 1. The molecule has 0 radical (unpaired) electrons. The van der Waals surface area contributed by atoms with Crippen molar-refractivity contribution in [2.75, 3.05) is 13.1 Å². The molecule has 17 heavy (non-hydrogen) atoms. The summed E-state index contributed by atoms with van der Waals surface area (Å²) in [4.78, 5) is 25.2. The summed E-state index contributed by atoms with van der Waals surface area (Å²) in [6.45, 7) is 6.90. The Hall–Kier alpha value is -1.10. The molecule has 2 fully saturated rings. The normalized spacial score (nSPS) is 27.9. The lowest BCUT2D eigenvalue weighted by atomic mass is 10.0. The molecule has 5 heteroatoms. The minimum atomic E-state index is -0.384. The van der Waals surface area contributed by atoms with Crippen molar-refractivity contribution in [2.24, 2.45) is 5.92 Å². The van der Waals surface area contributed by atoms with Gasteiger partial charge in [0.15, 0.2) is 0 Å². The van der Waals surface area contributed by atoms with Crippen LogP contribution >= 0.6 is 0 Å². The molecule has 0 aromatic rings. The topological polar surface area (TPSA) is 61.9 Å². The summed E-state index contributed by atoms with van der Waals surface area (Å²) in [7, 11) is 0. The Morgan fingerprint density at radius 2 is 2.00 bits per heavy atom. The number of carbonyl (C=O) groups is 2. The lowest BCUT2D eigenvalue weighted by Crippen LogP contribution is -2.48. The smallest absolute Gasteiger partial charge is 0.245 e. The molecule has 2 saturated heterocycles. The van der Waals surface area contributed by atoms with Crippen LogP contribution in [-0.2, 0) is 14.3 Å². The van der Waals surface area contributed by atoms with Crippen LogP contribution in [0, 0.1) is 5.92 Å². The van der Waals surface area contributed by atoms with E-state index in [1.165, 1.54) is 6.92 Å². The molecule has 0 aliphatic carbocycles. The standard InChI is InChI=1S/C12H20N2O3.H2/c1-7(2)4-9(13-8(3)15)12(16)14-5-10-11(6-14)17-10;/h7,9-11H,4-6H2,1-3H3,(H,13,15);1H/t9-,10?,11?;/m0./s1. The largest absolute Gasteiger partial charge is 0.366 e. The fraction of sp³-hybridized carbons (Fsp3) is 0.833. The summed E-state index contributed by atoms with van der Waals surface area (Å²) in [6, 6.07) is -0.384. The molecule has 3 atom stereocenters. The highest BCUT2D eigenvalue weighted by molar-refractivity contribution is 5.87. The minimum Gasteiger partial charge on any atom is -0.366 e. The van der Waals surface area contributed by atoms with Crippen LogP contribution in [-0.4, -0.2) is 48.1 Å². The highest BCUT2D eigenvalue weighted by Crippen LogP contribution is 2.31. The van der Waals surface area contributed by atoms with Gasteiger partial charge < -0.3 is 15.0 Å². The minimum absolute atomic E-state index is 0. The van der Waals surface area contributed by atoms with Crippen LogP contribution < -0.4 is 5.32 Å². The monoisotopic (exact) mass is 242 g/mol. The van der Waals surface area contributed by atoms with Crippen LogP contribution in [0.4, 0.5) is 0 Å². The predicted octanol–water partition coefficient (Wildman–Crippen LogP) is 0.393. The first-order valence-electron chi connectivity index (χ1n) is 6.18. The van der Waals surface area contributed by atoms with Crippen molar-refractivity contribution < 1.29 is 15.8 Å². The molecule has 2 aliphatic rings. The second-order valence-electron chi connectivity index (χ2n) is 5.34. The third kappa shape index (κ3) is 2.97. The van der Waals surface area contributed by atoms with Gasteiger partial charge in [-0.2, -0.15) is 0 Å². The maximum Gasteiger partial charge on any atom is 0.245 e. The van der Waals surface area contributed by atoms with E-state index in [9.17, 15) is 9.59 Å². The number of morpholine rings is 1. The molecular formula is C12H22N2O3. The van der Waals surface area contributed by atoms with E-state index in [1.807, 2.05) is 18.7 Å². The number of fused-ring (bicyclic) bond motifs is 1. The average Bonchev–Trinajstić information content (AvgIpc) is 2.82. The van der Waals surface area contributed by atoms with Gasteiger partial charge in [0.1, 0.15) is 18.2 Å². The van der Waals surface area contributed by atoms with Crippen LogP contribution in [0.15, 0.2) is 0 Å². The molecule has 2 amide bonds. The van der Waals surface area contributed by atoms with Gasteiger partial charge in [-0.3, -0.25) is 9.59 Å². The first-order chi connectivity index (χ1) is 7.97. The van der Waals surface area contributed by atoms with Crippen molar-refractivity contribution in [3.8, 4) is 0 Å². The highest BCUT2D eigenvalue weighted by Gasteiger charge is 2.49. The number of rotatable bonds is 4. The Labute approximate surface area is 103 Å². The summed E-state index contributed by atoms with van der Waals surface area (Å²) in [6.07, 6.45) is 1.18. The van der Waals surface area contributed by atoms with Crippen molar-refractivity contribution >= 4 is 11.8 Å². The number of likely N-dealkylation sites (tertiary alicyclic amines) is 1. The van der Waals surface area contributed by atoms with Gasteiger partial charge in [-0.15, -0.1) is 0 Å². The van der Waals surface area contributed by atoms with Gasteiger partial charge in [0, 0.05) is 21.4 Å². The highest BCUT2D eigenvalue weighted by atomic mass is 16.6. The third-order valence-electron chi connectivity index (χ3n) is 3.18. The zero-order valence-corrected chi connectivity index (χ0v) is 10.6. The Balaban J connectivity index is 0.00000162. The van der Waals surface area contributed by atoms with Crippen molar-refractivity contribution in [2.45, 2.75) is 45.4 Å². The predicted molar refractivity (Wildman–Crippen MR) is 64.4 cm³/mol. The van der Waals surface area contributed by atoms with E-state index in [-0.39, 0.29) is 31.5 Å². The van der Waals surface area contributed by atoms with Crippen LogP contribution in [0.3, 0.4) is 0 Å². The molecule has 0 saturated carbocycles. The molecule has 1 N–H and O–H groups in total. The van der Waals surface area contributed by atoms with Gasteiger partial charge in [-0.25, -0.2) is 0 Å². The first kappa shape index (κ1) is 12.4. The number of hydrogen-bond donors (Lipinski definition) is 1. The van der Waals surface area contributed by atoms with Gasteiger partial charge in [-0.05, 0) is 12.3 Å². The molecule has 2 rings (SSSR count). The lowest BCUT2D eigenvalue weighted by molar-refractivity contribution is -0.136. The average molecular weight is 242 g/mol. The van der Waals surface area contributed by atoms with E-state index in [1.54, 1.807) is 0 Å². The Bertz CT molecular complexity index is 325. The van der Waals surface area contributed by atoms with E-state index in [0.29, 0.717) is 25.4 Å². The molecule has 5 nitrogen and oxygen atoms in total. The lowest BCUT2D eigenvalue weighted by Gasteiger charge is -2.25. The Morgan fingerprint density at radius 1 is 1.41 bits per heavy atom. The second-order valence-corrected chi connectivity index (χ2v) is 5.34. The zero-order chi connectivity index (χ0) is 12.6. The number of epoxide rings is 1. The van der Waals surface area contributed by atoms with Gasteiger partial charge in [0.25, 0.3) is 0 Å². The van der Waals surface area contributed by atoms with E-state index in [2.05, 4.69) is 5.32 Å². The molecule has 2 unspecified atom stereocenters. The SMILES string of the molecule is CC(=O)N[C@@H](CC(C)C)C(=O)N1CC2OC2C1.[HH]. The summed E-state index contributed by atoms with van der Waals surface area (Å²) in [5.74, 6) is 0.262. The molecule has 0 aromatic heterocycles.